The topological polar surface area (TPSA) is 107 Å². The second kappa shape index (κ2) is 7.67. The Morgan fingerprint density at radius 2 is 1.95 bits per heavy atom. The fourth-order valence-corrected chi connectivity index (χ4v) is 1.71. The predicted molar refractivity (Wildman–Crippen MR) is 78.0 cm³/mol. The maximum Gasteiger partial charge on any atom is 0.307 e. The Morgan fingerprint density at radius 1 is 1.23 bits per heavy atom. The van der Waals surface area contributed by atoms with Gasteiger partial charge in [-0.1, -0.05) is 12.1 Å². The predicted octanol–water partition coefficient (Wildman–Crippen LogP) is 1.93. The number of hydrogen-bond acceptors (Lipinski definition) is 7. The summed E-state index contributed by atoms with van der Waals surface area (Å²) in [6.45, 7) is 0.192. The molecular weight excluding hydrogens is 288 g/mol. The molecule has 0 saturated heterocycles. The minimum absolute atomic E-state index is 0.0638. The SMILES string of the molecule is O=C(CCNc1ncccn1)OCc1ccccc1[N+](=O)[O-]. The van der Waals surface area contributed by atoms with E-state index in [1.807, 2.05) is 0 Å². The standard InChI is InChI=1S/C14H14N4O4/c19-13(6-9-17-14-15-7-3-8-16-14)22-10-11-4-1-2-5-12(11)18(20)21/h1-5,7-8H,6,9-10H2,(H,15,16,17). The second-order valence-corrected chi connectivity index (χ2v) is 4.30. The Hall–Kier alpha value is -3.03. The molecule has 2 rings (SSSR count). The van der Waals surface area contributed by atoms with E-state index >= 15 is 0 Å². The molecule has 1 N–H and O–H groups in total. The minimum Gasteiger partial charge on any atom is -0.460 e. The summed E-state index contributed by atoms with van der Waals surface area (Å²) in [5.41, 5.74) is 0.298. The Labute approximate surface area is 126 Å². The van der Waals surface area contributed by atoms with Crippen molar-refractivity contribution in [3.8, 4) is 0 Å². The van der Waals surface area contributed by atoms with Crippen LogP contribution >= 0.6 is 0 Å². The largest absolute Gasteiger partial charge is 0.460 e. The molecule has 0 amide bonds. The molecule has 0 saturated carbocycles. The zero-order chi connectivity index (χ0) is 15.8. The summed E-state index contributed by atoms with van der Waals surface area (Å²) in [4.78, 5) is 29.9. The molecule has 0 aliphatic rings. The van der Waals surface area contributed by atoms with Crippen LogP contribution in [0.25, 0.3) is 0 Å². The van der Waals surface area contributed by atoms with Crippen molar-refractivity contribution in [2.45, 2.75) is 13.0 Å². The molecule has 8 heteroatoms. The summed E-state index contributed by atoms with van der Waals surface area (Å²) >= 11 is 0. The molecule has 1 aromatic carbocycles. The number of nitro groups is 1. The number of ether oxygens (including phenoxy) is 1. The van der Waals surface area contributed by atoms with Crippen molar-refractivity contribution in [2.75, 3.05) is 11.9 Å². The zero-order valence-corrected chi connectivity index (χ0v) is 11.6. The highest BCUT2D eigenvalue weighted by atomic mass is 16.6. The van der Waals surface area contributed by atoms with Crippen LogP contribution < -0.4 is 5.32 Å². The van der Waals surface area contributed by atoms with Crippen molar-refractivity contribution < 1.29 is 14.5 Å². The lowest BCUT2D eigenvalue weighted by molar-refractivity contribution is -0.385. The molecule has 0 fully saturated rings. The Balaban J connectivity index is 1.77. The van der Waals surface area contributed by atoms with E-state index < -0.39 is 10.9 Å². The van der Waals surface area contributed by atoms with Gasteiger partial charge >= 0.3 is 5.97 Å². The molecule has 114 valence electrons. The third-order valence-electron chi connectivity index (χ3n) is 2.75. The van der Waals surface area contributed by atoms with Crippen molar-refractivity contribution in [3.05, 3.63) is 58.4 Å². The normalized spacial score (nSPS) is 10.0. The van der Waals surface area contributed by atoms with Gasteiger partial charge in [-0.15, -0.1) is 0 Å². The van der Waals surface area contributed by atoms with E-state index in [0.717, 1.165) is 0 Å². The highest BCUT2D eigenvalue weighted by Gasteiger charge is 2.13. The Bertz CT molecular complexity index is 648. The number of hydrogen-bond donors (Lipinski definition) is 1. The van der Waals surface area contributed by atoms with Gasteiger partial charge < -0.3 is 10.1 Å². The van der Waals surface area contributed by atoms with E-state index in [0.29, 0.717) is 18.1 Å². The van der Waals surface area contributed by atoms with Crippen LogP contribution in [0.2, 0.25) is 0 Å². The van der Waals surface area contributed by atoms with E-state index in [2.05, 4.69) is 15.3 Å². The highest BCUT2D eigenvalue weighted by Crippen LogP contribution is 2.18. The fraction of sp³-hybridized carbons (Fsp3) is 0.214. The van der Waals surface area contributed by atoms with Gasteiger partial charge in [0.1, 0.15) is 6.61 Å². The molecule has 8 nitrogen and oxygen atoms in total. The lowest BCUT2D eigenvalue weighted by Crippen LogP contribution is -2.13. The number of carbonyl (C=O) groups is 1. The molecule has 0 aliphatic heterocycles. The second-order valence-electron chi connectivity index (χ2n) is 4.30. The Kier molecular flexibility index (Phi) is 5.36. The van der Waals surface area contributed by atoms with Gasteiger partial charge in [-0.25, -0.2) is 9.97 Å². The molecule has 0 atom stereocenters. The Morgan fingerprint density at radius 3 is 2.68 bits per heavy atom. The number of nitrogens with zero attached hydrogens (tertiary/aromatic N) is 3. The van der Waals surface area contributed by atoms with Gasteiger partial charge in [0.15, 0.2) is 0 Å². The van der Waals surface area contributed by atoms with Gasteiger partial charge in [-0.3, -0.25) is 14.9 Å². The smallest absolute Gasteiger partial charge is 0.307 e. The van der Waals surface area contributed by atoms with Crippen molar-refractivity contribution in [1.29, 1.82) is 0 Å². The van der Waals surface area contributed by atoms with Gasteiger partial charge in [0, 0.05) is 25.0 Å². The van der Waals surface area contributed by atoms with E-state index in [1.165, 1.54) is 6.07 Å². The number of aromatic nitrogens is 2. The van der Waals surface area contributed by atoms with Gasteiger partial charge in [-0.2, -0.15) is 0 Å². The first-order valence-electron chi connectivity index (χ1n) is 6.55. The maximum atomic E-state index is 11.6. The summed E-state index contributed by atoms with van der Waals surface area (Å²) in [5, 5.41) is 13.7. The van der Waals surface area contributed by atoms with Crippen LogP contribution in [-0.2, 0) is 16.1 Å². The molecule has 1 heterocycles. The number of rotatable bonds is 7. The van der Waals surface area contributed by atoms with Gasteiger partial charge in [0.05, 0.1) is 16.9 Å². The number of esters is 1. The number of nitrogens with one attached hydrogen (secondary N) is 1. The molecule has 0 radical (unpaired) electrons. The zero-order valence-electron chi connectivity index (χ0n) is 11.6. The monoisotopic (exact) mass is 302 g/mol. The van der Waals surface area contributed by atoms with Crippen LogP contribution in [0.15, 0.2) is 42.7 Å². The van der Waals surface area contributed by atoms with Gasteiger partial charge in [-0.05, 0) is 12.1 Å². The molecule has 0 spiro atoms. The average Bonchev–Trinajstić information content (AvgIpc) is 2.54. The summed E-state index contributed by atoms with van der Waals surface area (Å²) in [7, 11) is 0. The van der Waals surface area contributed by atoms with Crippen LogP contribution in [-0.4, -0.2) is 27.4 Å². The summed E-state index contributed by atoms with van der Waals surface area (Å²) in [6, 6.07) is 7.84. The third kappa shape index (κ3) is 4.51. The van der Waals surface area contributed by atoms with Gasteiger partial charge in [0.2, 0.25) is 5.95 Å². The molecule has 0 unspecified atom stereocenters. The lowest BCUT2D eigenvalue weighted by atomic mass is 10.2. The molecule has 22 heavy (non-hydrogen) atoms. The van der Waals surface area contributed by atoms with E-state index in [9.17, 15) is 14.9 Å². The highest BCUT2D eigenvalue weighted by molar-refractivity contribution is 5.70. The van der Waals surface area contributed by atoms with Crippen molar-refractivity contribution in [3.63, 3.8) is 0 Å². The quantitative estimate of drug-likeness (QED) is 0.473. The van der Waals surface area contributed by atoms with Crippen LogP contribution in [0, 0.1) is 10.1 Å². The first-order chi connectivity index (χ1) is 10.7. The van der Waals surface area contributed by atoms with E-state index in [-0.39, 0.29) is 18.7 Å². The van der Waals surface area contributed by atoms with Crippen LogP contribution in [0.4, 0.5) is 11.6 Å². The summed E-state index contributed by atoms with van der Waals surface area (Å²) in [5.74, 6) is -0.0319. The lowest BCUT2D eigenvalue weighted by Gasteiger charge is -2.06. The molecule has 1 aromatic heterocycles. The number of anilines is 1. The first kappa shape index (κ1) is 15.4. The maximum absolute atomic E-state index is 11.6. The van der Waals surface area contributed by atoms with Crippen LogP contribution in [0.5, 0.6) is 0 Å². The summed E-state index contributed by atoms with van der Waals surface area (Å²) in [6.07, 6.45) is 3.28. The molecular formula is C14H14N4O4. The average molecular weight is 302 g/mol. The molecule has 2 aromatic rings. The number of nitro benzene ring substituents is 1. The number of para-hydroxylation sites is 1. The van der Waals surface area contributed by atoms with Crippen molar-refractivity contribution in [1.82, 2.24) is 9.97 Å². The van der Waals surface area contributed by atoms with Crippen LogP contribution in [0.3, 0.4) is 0 Å². The first-order valence-corrected chi connectivity index (χ1v) is 6.55. The summed E-state index contributed by atoms with van der Waals surface area (Å²) < 4.78 is 5.03. The van der Waals surface area contributed by atoms with E-state index in [1.54, 1.807) is 36.7 Å². The van der Waals surface area contributed by atoms with Crippen molar-refractivity contribution in [2.24, 2.45) is 0 Å². The van der Waals surface area contributed by atoms with Crippen LogP contribution in [0.1, 0.15) is 12.0 Å². The van der Waals surface area contributed by atoms with Crippen molar-refractivity contribution >= 4 is 17.6 Å². The fourth-order valence-electron chi connectivity index (χ4n) is 1.71. The number of carbonyl (C=O) groups excluding carboxylic acids is 1. The third-order valence-corrected chi connectivity index (χ3v) is 2.75. The number of benzene rings is 1. The molecule has 0 aliphatic carbocycles. The van der Waals surface area contributed by atoms with Gasteiger partial charge in [0.25, 0.3) is 5.69 Å². The molecule has 0 bridgehead atoms. The minimum atomic E-state index is -0.503. The van der Waals surface area contributed by atoms with E-state index in [4.69, 9.17) is 4.74 Å².